The Labute approximate surface area is 184 Å². The monoisotopic (exact) mass is 483 g/mol. The molecule has 0 aliphatic carbocycles. The predicted molar refractivity (Wildman–Crippen MR) is 119 cm³/mol. The third-order valence-corrected chi connectivity index (χ3v) is 5.31. The number of rotatable bonds is 10. The van der Waals surface area contributed by atoms with Gasteiger partial charge in [-0.15, -0.1) is 17.5 Å². The predicted octanol–water partition coefficient (Wildman–Crippen LogP) is 4.52. The molecule has 28 heavy (non-hydrogen) atoms. The van der Waals surface area contributed by atoms with Crippen LogP contribution in [0.15, 0.2) is 58.2 Å². The number of tetrazole rings is 1. The maximum Gasteiger partial charge on any atom is 0.214 e. The van der Waals surface area contributed by atoms with Crippen molar-refractivity contribution in [2.75, 3.05) is 18.9 Å². The molecule has 0 atom stereocenters. The van der Waals surface area contributed by atoms with Crippen LogP contribution < -0.4 is 10.1 Å². The summed E-state index contributed by atoms with van der Waals surface area (Å²) in [6, 6.07) is 16.0. The van der Waals surface area contributed by atoms with Crippen LogP contribution in [0.4, 0.5) is 0 Å². The lowest BCUT2D eigenvalue weighted by atomic mass is 10.2. The molecular weight excluding hydrogens is 462 g/mol. The van der Waals surface area contributed by atoms with Crippen molar-refractivity contribution < 1.29 is 4.74 Å². The number of para-hydroxylation sites is 1. The van der Waals surface area contributed by atoms with Crippen molar-refractivity contribution in [1.29, 1.82) is 0 Å². The van der Waals surface area contributed by atoms with E-state index >= 15 is 0 Å². The fraction of sp³-hybridized carbons (Fsp3) is 0.316. The summed E-state index contributed by atoms with van der Waals surface area (Å²) in [4.78, 5) is 0. The van der Waals surface area contributed by atoms with Crippen LogP contribution >= 0.6 is 40.1 Å². The van der Waals surface area contributed by atoms with Gasteiger partial charge in [0.15, 0.2) is 0 Å². The number of nitrogens with zero attached hydrogens (tertiary/aromatic N) is 4. The molecule has 0 amide bonds. The second-order valence-corrected chi connectivity index (χ2v) is 7.75. The van der Waals surface area contributed by atoms with E-state index in [4.69, 9.17) is 4.74 Å². The van der Waals surface area contributed by atoms with Crippen molar-refractivity contribution in [3.8, 4) is 11.4 Å². The van der Waals surface area contributed by atoms with Gasteiger partial charge in [0.25, 0.3) is 0 Å². The van der Waals surface area contributed by atoms with E-state index in [1.165, 1.54) is 0 Å². The summed E-state index contributed by atoms with van der Waals surface area (Å²) in [6.45, 7) is 4.36. The van der Waals surface area contributed by atoms with E-state index in [1.807, 2.05) is 49.4 Å². The maximum absolute atomic E-state index is 5.68. The minimum Gasteiger partial charge on any atom is -0.494 e. The molecule has 0 saturated heterocycles. The van der Waals surface area contributed by atoms with Crippen LogP contribution in [0, 0.1) is 0 Å². The van der Waals surface area contributed by atoms with Crippen molar-refractivity contribution >= 4 is 40.1 Å². The standard InChI is InChI=1S/C19H22BrN5OS.ClH/c1-2-26-18-10-9-16(20)13-15(18)14-21-11-6-12-27-19-22-23-24-25(19)17-7-4-3-5-8-17;/h3-5,7-10,13,21H,2,6,11-12,14H2,1H3;1H. The molecule has 6 nitrogen and oxygen atoms in total. The fourth-order valence-electron chi connectivity index (χ4n) is 2.57. The van der Waals surface area contributed by atoms with E-state index in [-0.39, 0.29) is 12.4 Å². The summed E-state index contributed by atoms with van der Waals surface area (Å²) in [5.41, 5.74) is 2.13. The number of benzene rings is 2. The zero-order chi connectivity index (χ0) is 18.9. The number of hydrogen-bond donors (Lipinski definition) is 1. The first kappa shape index (κ1) is 22.7. The van der Waals surface area contributed by atoms with Crippen LogP contribution in [0.2, 0.25) is 0 Å². The van der Waals surface area contributed by atoms with Gasteiger partial charge in [-0.05, 0) is 60.6 Å². The highest BCUT2D eigenvalue weighted by molar-refractivity contribution is 9.10. The van der Waals surface area contributed by atoms with Crippen LogP contribution in [0.25, 0.3) is 5.69 Å². The van der Waals surface area contributed by atoms with E-state index in [0.29, 0.717) is 6.61 Å². The van der Waals surface area contributed by atoms with E-state index in [2.05, 4.69) is 42.8 Å². The van der Waals surface area contributed by atoms with Crippen molar-refractivity contribution in [1.82, 2.24) is 25.5 Å². The van der Waals surface area contributed by atoms with Gasteiger partial charge in [-0.25, -0.2) is 0 Å². The van der Waals surface area contributed by atoms with Crippen LogP contribution in [0.5, 0.6) is 5.75 Å². The van der Waals surface area contributed by atoms with E-state index < -0.39 is 0 Å². The summed E-state index contributed by atoms with van der Waals surface area (Å²) in [6.07, 6.45) is 1.02. The van der Waals surface area contributed by atoms with Gasteiger partial charge in [-0.2, -0.15) is 4.68 Å². The molecular formula is C19H23BrClN5OS. The van der Waals surface area contributed by atoms with Gasteiger partial charge < -0.3 is 10.1 Å². The lowest BCUT2D eigenvalue weighted by Crippen LogP contribution is -2.16. The summed E-state index contributed by atoms with van der Waals surface area (Å²) < 4.78 is 8.52. The summed E-state index contributed by atoms with van der Waals surface area (Å²) in [5.74, 6) is 1.88. The first-order chi connectivity index (χ1) is 13.3. The Morgan fingerprint density at radius 3 is 2.79 bits per heavy atom. The van der Waals surface area contributed by atoms with Gasteiger partial charge in [0.1, 0.15) is 5.75 Å². The van der Waals surface area contributed by atoms with Gasteiger partial charge in [-0.3, -0.25) is 0 Å². The molecule has 3 rings (SSSR count). The minimum absolute atomic E-state index is 0. The van der Waals surface area contributed by atoms with Gasteiger partial charge >= 0.3 is 0 Å². The first-order valence-electron chi connectivity index (χ1n) is 8.86. The molecule has 1 N–H and O–H groups in total. The lowest BCUT2D eigenvalue weighted by Gasteiger charge is -2.11. The van der Waals surface area contributed by atoms with Crippen LogP contribution in [0.3, 0.4) is 0 Å². The molecule has 0 aliphatic rings. The van der Waals surface area contributed by atoms with Crippen molar-refractivity contribution in [3.63, 3.8) is 0 Å². The Morgan fingerprint density at radius 1 is 1.18 bits per heavy atom. The summed E-state index contributed by atoms with van der Waals surface area (Å²) in [7, 11) is 0. The highest BCUT2D eigenvalue weighted by Gasteiger charge is 2.08. The molecule has 2 aromatic carbocycles. The van der Waals surface area contributed by atoms with E-state index in [0.717, 1.165) is 51.9 Å². The Kier molecular flexibility index (Phi) is 9.77. The largest absolute Gasteiger partial charge is 0.494 e. The second kappa shape index (κ2) is 12.1. The summed E-state index contributed by atoms with van der Waals surface area (Å²) >= 11 is 5.18. The Balaban J connectivity index is 0.00000280. The van der Waals surface area contributed by atoms with Crippen LogP contribution in [-0.4, -0.2) is 39.1 Å². The van der Waals surface area contributed by atoms with Gasteiger partial charge in [0.05, 0.1) is 12.3 Å². The first-order valence-corrected chi connectivity index (χ1v) is 10.6. The molecule has 0 fully saturated rings. The molecule has 0 spiro atoms. The number of ether oxygens (including phenoxy) is 1. The smallest absolute Gasteiger partial charge is 0.214 e. The molecule has 9 heteroatoms. The van der Waals surface area contributed by atoms with Crippen molar-refractivity contribution in [2.45, 2.75) is 25.0 Å². The number of thioether (sulfide) groups is 1. The SMILES string of the molecule is CCOc1ccc(Br)cc1CNCCCSc1nnnn1-c1ccccc1.Cl. The number of nitrogens with one attached hydrogen (secondary N) is 1. The quantitative estimate of drug-likeness (QED) is 0.337. The van der Waals surface area contributed by atoms with Crippen LogP contribution in [-0.2, 0) is 6.54 Å². The third-order valence-electron chi connectivity index (χ3n) is 3.81. The molecule has 0 unspecified atom stereocenters. The molecule has 3 aromatic rings. The van der Waals surface area contributed by atoms with Crippen molar-refractivity contribution in [2.24, 2.45) is 0 Å². The van der Waals surface area contributed by atoms with Gasteiger partial charge in [0, 0.05) is 22.3 Å². The minimum atomic E-state index is 0. The summed E-state index contributed by atoms with van der Waals surface area (Å²) in [5, 5.41) is 16.3. The number of halogens is 2. The Hall–Kier alpha value is -1.61. The average molecular weight is 485 g/mol. The molecule has 1 aromatic heterocycles. The van der Waals surface area contributed by atoms with E-state index in [9.17, 15) is 0 Å². The Bertz CT molecular complexity index is 849. The average Bonchev–Trinajstić information content (AvgIpc) is 3.16. The molecule has 0 aliphatic heterocycles. The van der Waals surface area contributed by atoms with Gasteiger partial charge in [-0.1, -0.05) is 45.9 Å². The van der Waals surface area contributed by atoms with Gasteiger partial charge in [0.2, 0.25) is 5.16 Å². The van der Waals surface area contributed by atoms with E-state index in [1.54, 1.807) is 16.4 Å². The van der Waals surface area contributed by atoms with Crippen LogP contribution in [0.1, 0.15) is 18.9 Å². The maximum atomic E-state index is 5.68. The topological polar surface area (TPSA) is 64.9 Å². The number of hydrogen-bond acceptors (Lipinski definition) is 6. The van der Waals surface area contributed by atoms with Crippen molar-refractivity contribution in [3.05, 3.63) is 58.6 Å². The third kappa shape index (κ3) is 6.48. The highest BCUT2D eigenvalue weighted by Crippen LogP contribution is 2.23. The molecule has 0 radical (unpaired) electrons. The second-order valence-electron chi connectivity index (χ2n) is 5.77. The molecule has 0 bridgehead atoms. The fourth-order valence-corrected chi connectivity index (χ4v) is 3.80. The normalized spacial score (nSPS) is 10.5. The lowest BCUT2D eigenvalue weighted by molar-refractivity contribution is 0.335. The zero-order valence-electron chi connectivity index (χ0n) is 15.5. The zero-order valence-corrected chi connectivity index (χ0v) is 18.8. The molecule has 0 saturated carbocycles. The highest BCUT2D eigenvalue weighted by atomic mass is 79.9. The Morgan fingerprint density at radius 2 is 2.00 bits per heavy atom. The molecule has 150 valence electrons. The molecule has 1 heterocycles. The number of aromatic nitrogens is 4.